The number of rotatable bonds is 3. The maximum absolute atomic E-state index is 5.81. The monoisotopic (exact) mass is 404 g/mol. The van der Waals surface area contributed by atoms with Gasteiger partial charge in [-0.05, 0) is 64.4 Å². The zero-order chi connectivity index (χ0) is 14.8. The molecule has 0 fully saturated rings. The van der Waals surface area contributed by atoms with Crippen LogP contribution in [0.25, 0.3) is 10.8 Å². The Labute approximate surface area is 142 Å². The Balaban J connectivity index is 2.09. The number of benzene rings is 3. The van der Waals surface area contributed by atoms with Crippen molar-refractivity contribution in [2.24, 2.45) is 5.73 Å². The van der Waals surface area contributed by atoms with E-state index in [-0.39, 0.29) is 0 Å². The topological polar surface area (TPSA) is 38.0 Å². The van der Waals surface area contributed by atoms with Gasteiger partial charge < -0.3 is 11.1 Å². The Morgan fingerprint density at radius 1 is 0.905 bits per heavy atom. The number of hydrogen-bond donors (Lipinski definition) is 2. The van der Waals surface area contributed by atoms with Crippen molar-refractivity contribution < 1.29 is 0 Å². The van der Waals surface area contributed by atoms with E-state index >= 15 is 0 Å². The summed E-state index contributed by atoms with van der Waals surface area (Å²) in [6, 6.07) is 20.4. The summed E-state index contributed by atoms with van der Waals surface area (Å²) in [6.07, 6.45) is 0. The van der Waals surface area contributed by atoms with Gasteiger partial charge in [-0.25, -0.2) is 0 Å². The van der Waals surface area contributed by atoms with Crippen LogP contribution in [0.4, 0.5) is 11.4 Å². The van der Waals surface area contributed by atoms with Gasteiger partial charge in [0.15, 0.2) is 0 Å². The highest BCUT2D eigenvalue weighted by Crippen LogP contribution is 2.29. The summed E-state index contributed by atoms with van der Waals surface area (Å²) < 4.78 is 1.21. The smallest absolute Gasteiger partial charge is 0.104 e. The molecule has 0 bridgehead atoms. The van der Waals surface area contributed by atoms with Crippen molar-refractivity contribution in [2.75, 3.05) is 5.32 Å². The van der Waals surface area contributed by atoms with E-state index in [4.69, 9.17) is 18.0 Å². The van der Waals surface area contributed by atoms with E-state index in [1.807, 2.05) is 30.3 Å². The summed E-state index contributed by atoms with van der Waals surface area (Å²) in [6.45, 7) is 0. The molecule has 0 aromatic heterocycles. The van der Waals surface area contributed by atoms with Crippen molar-refractivity contribution in [2.45, 2.75) is 0 Å². The van der Waals surface area contributed by atoms with Gasteiger partial charge >= 0.3 is 0 Å². The Kier molecular flexibility index (Phi) is 4.07. The molecule has 2 nitrogen and oxygen atoms in total. The zero-order valence-electron chi connectivity index (χ0n) is 11.1. The minimum Gasteiger partial charge on any atom is -0.389 e. The van der Waals surface area contributed by atoms with Crippen molar-refractivity contribution in [1.29, 1.82) is 0 Å². The molecular weight excluding hydrogens is 391 g/mol. The minimum absolute atomic E-state index is 0.423. The molecule has 0 spiro atoms. The summed E-state index contributed by atoms with van der Waals surface area (Å²) >= 11 is 7.43. The van der Waals surface area contributed by atoms with Crippen LogP contribution in [0.5, 0.6) is 0 Å². The van der Waals surface area contributed by atoms with Crippen LogP contribution >= 0.6 is 34.8 Å². The molecule has 0 aliphatic heterocycles. The van der Waals surface area contributed by atoms with Crippen molar-refractivity contribution in [3.05, 3.63) is 69.8 Å². The Hall–Kier alpha value is -1.66. The number of halogens is 1. The van der Waals surface area contributed by atoms with E-state index in [0.29, 0.717) is 4.99 Å². The molecule has 3 aromatic rings. The Morgan fingerprint density at radius 3 is 2.24 bits per heavy atom. The normalized spacial score (nSPS) is 10.5. The van der Waals surface area contributed by atoms with Gasteiger partial charge in [-0.15, -0.1) is 0 Å². The van der Waals surface area contributed by atoms with Crippen LogP contribution in [-0.2, 0) is 0 Å². The summed E-state index contributed by atoms with van der Waals surface area (Å²) in [5.74, 6) is 0. The number of nitrogens with two attached hydrogens (primary N) is 1. The average molecular weight is 404 g/mol. The van der Waals surface area contributed by atoms with Gasteiger partial charge in [0, 0.05) is 25.9 Å². The standard InChI is InChI=1S/C17H13IN2S/c18-11-5-7-12(8-6-11)20-16-10-9-15(17(19)21)13-3-1-2-4-14(13)16/h1-10,20H,(H2,19,21). The molecule has 0 amide bonds. The maximum Gasteiger partial charge on any atom is 0.104 e. The second kappa shape index (κ2) is 5.99. The molecule has 21 heavy (non-hydrogen) atoms. The minimum atomic E-state index is 0.423. The fraction of sp³-hybridized carbons (Fsp3) is 0. The molecule has 0 radical (unpaired) electrons. The van der Waals surface area contributed by atoms with Crippen LogP contribution in [0, 0.1) is 3.57 Å². The second-order valence-electron chi connectivity index (χ2n) is 4.70. The van der Waals surface area contributed by atoms with Gasteiger partial charge in [0.25, 0.3) is 0 Å². The Bertz CT molecular complexity index is 813. The van der Waals surface area contributed by atoms with Gasteiger partial charge in [0.2, 0.25) is 0 Å². The molecule has 0 saturated heterocycles. The molecule has 0 saturated carbocycles. The van der Waals surface area contributed by atoms with E-state index in [0.717, 1.165) is 27.7 Å². The lowest BCUT2D eigenvalue weighted by Crippen LogP contribution is -2.10. The maximum atomic E-state index is 5.81. The highest BCUT2D eigenvalue weighted by atomic mass is 127. The fourth-order valence-corrected chi connectivity index (χ4v) is 2.85. The van der Waals surface area contributed by atoms with Gasteiger partial charge in [-0.3, -0.25) is 0 Å². The number of thiocarbonyl (C=S) groups is 1. The highest BCUT2D eigenvalue weighted by molar-refractivity contribution is 14.1. The van der Waals surface area contributed by atoms with E-state index in [1.54, 1.807) is 0 Å². The first-order valence-electron chi connectivity index (χ1n) is 6.49. The number of anilines is 2. The summed E-state index contributed by atoms with van der Waals surface area (Å²) in [4.78, 5) is 0.423. The number of hydrogen-bond acceptors (Lipinski definition) is 2. The van der Waals surface area contributed by atoms with Crippen LogP contribution in [0.3, 0.4) is 0 Å². The van der Waals surface area contributed by atoms with Gasteiger partial charge in [-0.1, -0.05) is 36.5 Å². The Morgan fingerprint density at radius 2 is 1.57 bits per heavy atom. The molecule has 0 aliphatic carbocycles. The van der Waals surface area contributed by atoms with Crippen LogP contribution in [0.15, 0.2) is 60.7 Å². The molecular formula is C17H13IN2S. The van der Waals surface area contributed by atoms with Crippen LogP contribution < -0.4 is 11.1 Å². The van der Waals surface area contributed by atoms with Gasteiger partial charge in [0.05, 0.1) is 0 Å². The van der Waals surface area contributed by atoms with Crippen LogP contribution in [0.1, 0.15) is 5.56 Å². The molecule has 4 heteroatoms. The van der Waals surface area contributed by atoms with Gasteiger partial charge in [0.1, 0.15) is 4.99 Å². The largest absolute Gasteiger partial charge is 0.389 e. The predicted molar refractivity (Wildman–Crippen MR) is 102 cm³/mol. The molecule has 0 aliphatic rings. The van der Waals surface area contributed by atoms with E-state index < -0.39 is 0 Å². The first-order valence-corrected chi connectivity index (χ1v) is 7.98. The van der Waals surface area contributed by atoms with Crippen LogP contribution in [0.2, 0.25) is 0 Å². The first-order chi connectivity index (χ1) is 10.1. The number of fused-ring (bicyclic) bond motifs is 1. The fourth-order valence-electron chi connectivity index (χ4n) is 2.31. The van der Waals surface area contributed by atoms with Crippen molar-refractivity contribution in [3.63, 3.8) is 0 Å². The van der Waals surface area contributed by atoms with Crippen molar-refractivity contribution >= 4 is 61.9 Å². The quantitative estimate of drug-likeness (QED) is 0.486. The summed E-state index contributed by atoms with van der Waals surface area (Å²) in [7, 11) is 0. The molecule has 3 N–H and O–H groups in total. The third-order valence-corrected chi connectivity index (χ3v) is 4.25. The van der Waals surface area contributed by atoms with Crippen molar-refractivity contribution in [3.8, 4) is 0 Å². The molecule has 104 valence electrons. The first kappa shape index (κ1) is 14.3. The van der Waals surface area contributed by atoms with E-state index in [2.05, 4.69) is 58.2 Å². The van der Waals surface area contributed by atoms with E-state index in [9.17, 15) is 0 Å². The van der Waals surface area contributed by atoms with Crippen molar-refractivity contribution in [1.82, 2.24) is 0 Å². The van der Waals surface area contributed by atoms with E-state index in [1.165, 1.54) is 3.57 Å². The SMILES string of the molecule is NC(=S)c1ccc(Nc2ccc(I)cc2)c2ccccc12. The molecule has 3 aromatic carbocycles. The summed E-state index contributed by atoms with van der Waals surface area (Å²) in [5, 5.41) is 5.64. The predicted octanol–water partition coefficient (Wildman–Crippen LogP) is 4.82. The lowest BCUT2D eigenvalue weighted by molar-refractivity contribution is 1.55. The molecule has 0 heterocycles. The lowest BCUT2D eigenvalue weighted by Gasteiger charge is -2.12. The third-order valence-electron chi connectivity index (χ3n) is 3.31. The molecule has 3 rings (SSSR count). The summed E-state index contributed by atoms with van der Waals surface area (Å²) in [5.41, 5.74) is 8.83. The highest BCUT2D eigenvalue weighted by Gasteiger charge is 2.07. The van der Waals surface area contributed by atoms with Crippen LogP contribution in [-0.4, -0.2) is 4.99 Å². The zero-order valence-corrected chi connectivity index (χ0v) is 14.1. The van der Waals surface area contributed by atoms with Gasteiger partial charge in [-0.2, -0.15) is 0 Å². The third kappa shape index (κ3) is 3.01. The molecule has 0 atom stereocenters. The number of nitrogens with one attached hydrogen (secondary N) is 1. The second-order valence-corrected chi connectivity index (χ2v) is 6.39. The molecule has 0 unspecified atom stereocenters. The lowest BCUT2D eigenvalue weighted by atomic mass is 10.0. The average Bonchev–Trinajstić information content (AvgIpc) is 2.49.